The van der Waals surface area contributed by atoms with Crippen molar-refractivity contribution in [3.05, 3.63) is 0 Å². The van der Waals surface area contributed by atoms with Crippen molar-refractivity contribution >= 4 is 7.92 Å². The first-order chi connectivity index (χ1) is 4.97. The molecule has 1 unspecified atom stereocenters. The third kappa shape index (κ3) is 3.50. The summed E-state index contributed by atoms with van der Waals surface area (Å²) in [4.78, 5) is 0. The Morgan fingerprint density at radius 3 is 2.55 bits per heavy atom. The van der Waals surface area contributed by atoms with Crippen LogP contribution in [0, 0.1) is 0 Å². The molecule has 1 rings (SSSR count). The van der Waals surface area contributed by atoms with E-state index in [1.54, 1.807) is 13.8 Å². The Hall–Kier alpha value is 0.350. The number of rotatable bonds is 2. The third-order valence-electron chi connectivity index (χ3n) is 1.80. The molecule has 0 spiro atoms. The van der Waals surface area contributed by atoms with E-state index in [2.05, 4.69) is 6.66 Å². The van der Waals surface area contributed by atoms with Gasteiger partial charge in [-0.2, -0.15) is 0 Å². The van der Waals surface area contributed by atoms with E-state index in [1.165, 1.54) is 12.3 Å². The van der Waals surface area contributed by atoms with Crippen molar-refractivity contribution in [1.82, 2.24) is 0 Å². The average molecular weight is 176 g/mol. The van der Waals surface area contributed by atoms with Crippen LogP contribution in [0.15, 0.2) is 0 Å². The van der Waals surface area contributed by atoms with Crippen molar-refractivity contribution in [3.8, 4) is 0 Å². The van der Waals surface area contributed by atoms with Crippen LogP contribution >= 0.6 is 7.92 Å². The van der Waals surface area contributed by atoms with E-state index in [4.69, 9.17) is 4.74 Å². The van der Waals surface area contributed by atoms with Gasteiger partial charge < -0.3 is 9.84 Å². The summed E-state index contributed by atoms with van der Waals surface area (Å²) in [5.41, 5.74) is 0. The fourth-order valence-corrected chi connectivity index (χ4v) is 3.26. The smallest absolute Gasteiger partial charge is 0.160 e. The number of hydrogen-bond donors (Lipinski definition) is 1. The molecular weight excluding hydrogens is 159 g/mol. The van der Waals surface area contributed by atoms with E-state index in [-0.39, 0.29) is 7.92 Å². The second-order valence-corrected chi connectivity index (χ2v) is 6.26. The molecule has 0 radical (unpaired) electrons. The van der Waals surface area contributed by atoms with Crippen LogP contribution in [-0.2, 0) is 4.74 Å². The molecular formula is C8H17O2P. The largest absolute Gasteiger partial charge is 0.366 e. The van der Waals surface area contributed by atoms with Gasteiger partial charge in [-0.15, -0.1) is 7.92 Å². The second kappa shape index (κ2) is 3.38. The number of hydrogen-bond acceptors (Lipinski definition) is 2. The standard InChI is InChI=1S/C8H17O2P/c1-8(2,9)10-7-4-5-11(3)6-7/h7,9H,4-6H2,1-3H3/t7-,11?/m0/s1. The van der Waals surface area contributed by atoms with Gasteiger partial charge in [-0.3, -0.25) is 0 Å². The fourth-order valence-electron chi connectivity index (χ4n) is 1.40. The molecule has 0 aliphatic carbocycles. The molecule has 1 aliphatic rings. The summed E-state index contributed by atoms with van der Waals surface area (Å²) in [6.45, 7) is 5.69. The van der Waals surface area contributed by atoms with Crippen molar-refractivity contribution in [3.63, 3.8) is 0 Å². The van der Waals surface area contributed by atoms with Gasteiger partial charge in [0.2, 0.25) is 0 Å². The van der Waals surface area contributed by atoms with E-state index in [9.17, 15) is 5.11 Å². The lowest BCUT2D eigenvalue weighted by atomic mass is 10.3. The molecule has 1 aliphatic heterocycles. The summed E-state index contributed by atoms with van der Waals surface area (Å²) in [7, 11) is 0.207. The first-order valence-corrected chi connectivity index (χ1v) is 6.22. The van der Waals surface area contributed by atoms with E-state index in [1.807, 2.05) is 0 Å². The maximum Gasteiger partial charge on any atom is 0.160 e. The minimum Gasteiger partial charge on any atom is -0.366 e. The molecule has 66 valence electrons. The van der Waals surface area contributed by atoms with E-state index in [0.717, 1.165) is 6.42 Å². The Morgan fingerprint density at radius 1 is 1.55 bits per heavy atom. The summed E-state index contributed by atoms with van der Waals surface area (Å²) in [6.07, 6.45) is 3.91. The molecule has 0 bridgehead atoms. The molecule has 2 atom stereocenters. The molecule has 0 aromatic heterocycles. The van der Waals surface area contributed by atoms with Gasteiger partial charge in [-0.05, 0) is 39.3 Å². The number of ether oxygens (including phenoxy) is 1. The van der Waals surface area contributed by atoms with Gasteiger partial charge in [0, 0.05) is 0 Å². The van der Waals surface area contributed by atoms with Crippen LogP contribution in [0.2, 0.25) is 0 Å². The van der Waals surface area contributed by atoms with Crippen LogP contribution in [0.5, 0.6) is 0 Å². The van der Waals surface area contributed by atoms with Gasteiger partial charge in [0.15, 0.2) is 5.79 Å². The first kappa shape index (κ1) is 9.44. The minimum absolute atomic E-state index is 0.207. The van der Waals surface area contributed by atoms with E-state index < -0.39 is 5.79 Å². The van der Waals surface area contributed by atoms with Crippen molar-refractivity contribution in [2.45, 2.75) is 32.2 Å². The quantitative estimate of drug-likeness (QED) is 0.511. The van der Waals surface area contributed by atoms with Gasteiger partial charge in [-0.1, -0.05) is 0 Å². The zero-order valence-corrected chi connectivity index (χ0v) is 8.40. The topological polar surface area (TPSA) is 29.5 Å². The van der Waals surface area contributed by atoms with Crippen LogP contribution < -0.4 is 0 Å². The molecule has 11 heavy (non-hydrogen) atoms. The van der Waals surface area contributed by atoms with Crippen LogP contribution in [0.3, 0.4) is 0 Å². The van der Waals surface area contributed by atoms with E-state index >= 15 is 0 Å². The lowest BCUT2D eigenvalue weighted by Crippen LogP contribution is -2.29. The maximum absolute atomic E-state index is 9.35. The molecule has 0 saturated carbocycles. The summed E-state index contributed by atoms with van der Waals surface area (Å²) >= 11 is 0. The van der Waals surface area contributed by atoms with Gasteiger partial charge in [-0.25, -0.2) is 0 Å². The summed E-state index contributed by atoms with van der Waals surface area (Å²) < 4.78 is 5.44. The Morgan fingerprint density at radius 2 is 2.18 bits per heavy atom. The Balaban J connectivity index is 2.29. The summed E-state index contributed by atoms with van der Waals surface area (Å²) in [5.74, 6) is -0.939. The van der Waals surface area contributed by atoms with Crippen molar-refractivity contribution < 1.29 is 9.84 Å². The molecule has 1 heterocycles. The SMILES string of the molecule is CP1CC[C@H](OC(C)(C)O)C1. The molecule has 1 N–H and O–H groups in total. The third-order valence-corrected chi connectivity index (χ3v) is 3.86. The summed E-state index contributed by atoms with van der Waals surface area (Å²) in [5, 5.41) is 9.35. The van der Waals surface area contributed by atoms with Crippen LogP contribution in [0.25, 0.3) is 0 Å². The molecule has 0 aromatic rings. The predicted molar refractivity (Wildman–Crippen MR) is 48.4 cm³/mol. The zero-order chi connectivity index (χ0) is 8.48. The normalized spacial score (nSPS) is 32.7. The lowest BCUT2D eigenvalue weighted by molar-refractivity contribution is -0.199. The maximum atomic E-state index is 9.35. The predicted octanol–water partition coefficient (Wildman–Crippen LogP) is 1.62. The van der Waals surface area contributed by atoms with Crippen LogP contribution in [0.1, 0.15) is 20.3 Å². The van der Waals surface area contributed by atoms with Gasteiger partial charge in [0.25, 0.3) is 0 Å². The highest BCUT2D eigenvalue weighted by atomic mass is 31.1. The molecule has 3 heteroatoms. The summed E-state index contributed by atoms with van der Waals surface area (Å²) in [6, 6.07) is 0. The monoisotopic (exact) mass is 176 g/mol. The van der Waals surface area contributed by atoms with Crippen LogP contribution in [-0.4, -0.2) is 36.0 Å². The zero-order valence-electron chi connectivity index (χ0n) is 7.50. The van der Waals surface area contributed by atoms with E-state index in [0.29, 0.717) is 6.10 Å². The van der Waals surface area contributed by atoms with Crippen molar-refractivity contribution in [2.75, 3.05) is 19.0 Å². The Bertz CT molecular complexity index is 131. The highest BCUT2D eigenvalue weighted by Gasteiger charge is 2.26. The first-order valence-electron chi connectivity index (χ1n) is 4.06. The highest BCUT2D eigenvalue weighted by molar-refractivity contribution is 7.57. The fraction of sp³-hybridized carbons (Fsp3) is 1.00. The van der Waals surface area contributed by atoms with Crippen LogP contribution in [0.4, 0.5) is 0 Å². The Labute approximate surface area is 69.7 Å². The molecule has 1 saturated heterocycles. The number of aliphatic hydroxyl groups is 1. The molecule has 0 amide bonds. The lowest BCUT2D eigenvalue weighted by Gasteiger charge is -2.23. The Kier molecular flexibility index (Phi) is 2.90. The second-order valence-electron chi connectivity index (χ2n) is 3.74. The molecule has 0 aromatic carbocycles. The average Bonchev–Trinajstić information content (AvgIpc) is 2.10. The van der Waals surface area contributed by atoms with Crippen molar-refractivity contribution in [2.24, 2.45) is 0 Å². The molecule has 1 fully saturated rings. The minimum atomic E-state index is -0.939. The highest BCUT2D eigenvalue weighted by Crippen LogP contribution is 2.41. The molecule has 2 nitrogen and oxygen atoms in total. The van der Waals surface area contributed by atoms with Crippen molar-refractivity contribution in [1.29, 1.82) is 0 Å². The van der Waals surface area contributed by atoms with Gasteiger partial charge in [0.1, 0.15) is 0 Å². The van der Waals surface area contributed by atoms with Gasteiger partial charge >= 0.3 is 0 Å². The van der Waals surface area contributed by atoms with Gasteiger partial charge in [0.05, 0.1) is 6.10 Å².